The molecular formula is C21H26N6O2. The summed E-state index contributed by atoms with van der Waals surface area (Å²) in [6.45, 7) is 2.64. The van der Waals surface area contributed by atoms with Crippen LogP contribution in [0.4, 0.5) is 17.6 Å². The van der Waals surface area contributed by atoms with Gasteiger partial charge in [-0.25, -0.2) is 0 Å². The SMILES string of the molecule is COc1cccc(CN(C)C(C)c2nc(N)nc(Nc3ccccc3)n2)c1OC. The normalized spacial score (nSPS) is 11.9. The number of para-hydroxylation sites is 2. The van der Waals surface area contributed by atoms with Crippen molar-refractivity contribution in [1.29, 1.82) is 0 Å². The zero-order valence-electron chi connectivity index (χ0n) is 17.1. The Bertz CT molecular complexity index is 951. The monoisotopic (exact) mass is 394 g/mol. The molecule has 0 saturated carbocycles. The van der Waals surface area contributed by atoms with E-state index in [-0.39, 0.29) is 12.0 Å². The van der Waals surface area contributed by atoms with Gasteiger partial charge in [-0.05, 0) is 32.2 Å². The molecule has 0 saturated heterocycles. The van der Waals surface area contributed by atoms with Gasteiger partial charge in [0.15, 0.2) is 17.3 Å². The van der Waals surface area contributed by atoms with Gasteiger partial charge in [0.05, 0.1) is 20.3 Å². The summed E-state index contributed by atoms with van der Waals surface area (Å²) in [5, 5.41) is 3.16. The van der Waals surface area contributed by atoms with Gasteiger partial charge in [-0.15, -0.1) is 0 Å². The Morgan fingerprint density at radius 2 is 1.76 bits per heavy atom. The number of anilines is 3. The van der Waals surface area contributed by atoms with Crippen LogP contribution in [0.15, 0.2) is 48.5 Å². The highest BCUT2D eigenvalue weighted by Crippen LogP contribution is 2.32. The first-order chi connectivity index (χ1) is 14.0. The Morgan fingerprint density at radius 3 is 2.45 bits per heavy atom. The first kappa shape index (κ1) is 20.3. The van der Waals surface area contributed by atoms with E-state index in [0.29, 0.717) is 24.1 Å². The Kier molecular flexibility index (Phi) is 6.46. The number of hydrogen-bond donors (Lipinski definition) is 2. The first-order valence-electron chi connectivity index (χ1n) is 9.25. The second kappa shape index (κ2) is 9.20. The zero-order valence-corrected chi connectivity index (χ0v) is 17.1. The van der Waals surface area contributed by atoms with Crippen molar-refractivity contribution in [1.82, 2.24) is 19.9 Å². The maximum atomic E-state index is 5.93. The number of ether oxygens (including phenoxy) is 2. The van der Waals surface area contributed by atoms with Gasteiger partial charge in [-0.3, -0.25) is 4.90 Å². The molecule has 3 N–H and O–H groups in total. The molecule has 1 unspecified atom stereocenters. The van der Waals surface area contributed by atoms with Gasteiger partial charge in [0.25, 0.3) is 0 Å². The van der Waals surface area contributed by atoms with Crippen LogP contribution < -0.4 is 20.5 Å². The van der Waals surface area contributed by atoms with Crippen LogP contribution in [0.1, 0.15) is 24.4 Å². The van der Waals surface area contributed by atoms with E-state index in [1.165, 1.54) is 0 Å². The summed E-state index contributed by atoms with van der Waals surface area (Å²) in [7, 11) is 5.26. The van der Waals surface area contributed by atoms with Crippen LogP contribution in [-0.4, -0.2) is 41.1 Å². The molecule has 1 aromatic heterocycles. The van der Waals surface area contributed by atoms with Crippen LogP contribution in [0.3, 0.4) is 0 Å². The first-order valence-corrected chi connectivity index (χ1v) is 9.25. The number of nitrogen functional groups attached to an aromatic ring is 1. The maximum absolute atomic E-state index is 5.93. The van der Waals surface area contributed by atoms with Crippen LogP contribution in [0.2, 0.25) is 0 Å². The van der Waals surface area contributed by atoms with Crippen molar-refractivity contribution in [3.05, 3.63) is 59.9 Å². The van der Waals surface area contributed by atoms with E-state index >= 15 is 0 Å². The van der Waals surface area contributed by atoms with Crippen molar-refractivity contribution in [2.24, 2.45) is 0 Å². The van der Waals surface area contributed by atoms with Gasteiger partial charge < -0.3 is 20.5 Å². The number of hydrogen-bond acceptors (Lipinski definition) is 8. The molecule has 0 aliphatic rings. The Morgan fingerprint density at radius 1 is 1.00 bits per heavy atom. The smallest absolute Gasteiger partial charge is 0.232 e. The number of methoxy groups -OCH3 is 2. The molecule has 1 heterocycles. The van der Waals surface area contributed by atoms with Crippen LogP contribution in [0.5, 0.6) is 11.5 Å². The minimum absolute atomic E-state index is 0.104. The fourth-order valence-electron chi connectivity index (χ4n) is 2.98. The summed E-state index contributed by atoms with van der Waals surface area (Å²) in [6, 6.07) is 15.4. The summed E-state index contributed by atoms with van der Waals surface area (Å²) in [4.78, 5) is 15.2. The average Bonchev–Trinajstić information content (AvgIpc) is 2.73. The number of benzene rings is 2. The third-order valence-electron chi connectivity index (χ3n) is 4.64. The highest BCUT2D eigenvalue weighted by molar-refractivity contribution is 5.53. The van der Waals surface area contributed by atoms with Gasteiger partial charge in [-0.1, -0.05) is 30.3 Å². The van der Waals surface area contributed by atoms with Crippen molar-refractivity contribution in [3.63, 3.8) is 0 Å². The molecule has 29 heavy (non-hydrogen) atoms. The average molecular weight is 394 g/mol. The molecule has 0 bridgehead atoms. The number of nitrogens with one attached hydrogen (secondary N) is 1. The Balaban J connectivity index is 1.80. The molecule has 3 aromatic rings. The van der Waals surface area contributed by atoms with E-state index in [9.17, 15) is 0 Å². The quantitative estimate of drug-likeness (QED) is 0.600. The summed E-state index contributed by atoms with van der Waals surface area (Å²) in [6.07, 6.45) is 0. The summed E-state index contributed by atoms with van der Waals surface area (Å²) < 4.78 is 10.9. The van der Waals surface area contributed by atoms with Crippen molar-refractivity contribution in [2.45, 2.75) is 19.5 Å². The van der Waals surface area contributed by atoms with Crippen molar-refractivity contribution < 1.29 is 9.47 Å². The number of nitrogens with zero attached hydrogens (tertiary/aromatic N) is 4. The number of nitrogens with two attached hydrogens (primary N) is 1. The fraction of sp³-hybridized carbons (Fsp3) is 0.286. The van der Waals surface area contributed by atoms with Crippen molar-refractivity contribution in [2.75, 3.05) is 32.3 Å². The second-order valence-electron chi connectivity index (χ2n) is 6.61. The third-order valence-corrected chi connectivity index (χ3v) is 4.64. The summed E-state index contributed by atoms with van der Waals surface area (Å²) in [5.74, 6) is 2.59. The highest BCUT2D eigenvalue weighted by atomic mass is 16.5. The van der Waals surface area contributed by atoms with E-state index in [2.05, 4.69) is 25.2 Å². The third kappa shape index (κ3) is 4.91. The highest BCUT2D eigenvalue weighted by Gasteiger charge is 2.19. The topological polar surface area (TPSA) is 98.4 Å². The van der Waals surface area contributed by atoms with Gasteiger partial charge in [-0.2, -0.15) is 15.0 Å². The van der Waals surface area contributed by atoms with Gasteiger partial charge in [0, 0.05) is 17.8 Å². The van der Waals surface area contributed by atoms with Gasteiger partial charge in [0.1, 0.15) is 0 Å². The van der Waals surface area contributed by atoms with Crippen molar-refractivity contribution >= 4 is 17.6 Å². The molecule has 0 spiro atoms. The molecule has 1 atom stereocenters. The minimum Gasteiger partial charge on any atom is -0.493 e. The molecule has 8 nitrogen and oxygen atoms in total. The lowest BCUT2D eigenvalue weighted by Crippen LogP contribution is -2.25. The van der Waals surface area contributed by atoms with Gasteiger partial charge in [0.2, 0.25) is 11.9 Å². The minimum atomic E-state index is -0.104. The predicted octanol–water partition coefficient (Wildman–Crippen LogP) is 3.41. The molecule has 0 radical (unpaired) electrons. The van der Waals surface area contributed by atoms with E-state index in [4.69, 9.17) is 15.2 Å². The Labute approximate surface area is 170 Å². The second-order valence-corrected chi connectivity index (χ2v) is 6.61. The lowest BCUT2D eigenvalue weighted by Gasteiger charge is -2.25. The molecule has 0 amide bonds. The molecule has 0 fully saturated rings. The van der Waals surface area contributed by atoms with E-state index in [0.717, 1.165) is 17.0 Å². The maximum Gasteiger partial charge on any atom is 0.232 e. The predicted molar refractivity (Wildman–Crippen MR) is 113 cm³/mol. The largest absolute Gasteiger partial charge is 0.493 e. The lowest BCUT2D eigenvalue weighted by molar-refractivity contribution is 0.238. The molecule has 2 aromatic carbocycles. The Hall–Kier alpha value is -3.39. The van der Waals surface area contributed by atoms with Crippen LogP contribution >= 0.6 is 0 Å². The number of rotatable bonds is 8. The summed E-state index contributed by atoms with van der Waals surface area (Å²) in [5.41, 5.74) is 7.82. The molecule has 152 valence electrons. The lowest BCUT2D eigenvalue weighted by atomic mass is 10.1. The van der Waals surface area contributed by atoms with Crippen LogP contribution in [0.25, 0.3) is 0 Å². The molecule has 0 aliphatic carbocycles. The van der Waals surface area contributed by atoms with Crippen molar-refractivity contribution in [3.8, 4) is 11.5 Å². The standard InChI is InChI=1S/C21H26N6O2/c1-14(27(2)13-15-9-8-12-17(28-3)18(15)29-4)19-24-20(22)26-21(25-19)23-16-10-6-5-7-11-16/h5-12,14H,13H2,1-4H3,(H3,22,23,24,25,26). The van der Waals surface area contributed by atoms with E-state index in [1.807, 2.05) is 62.5 Å². The molecule has 8 heteroatoms. The van der Waals surface area contributed by atoms with E-state index < -0.39 is 0 Å². The van der Waals surface area contributed by atoms with E-state index in [1.54, 1.807) is 14.2 Å². The van der Waals surface area contributed by atoms with Crippen LogP contribution in [-0.2, 0) is 6.54 Å². The summed E-state index contributed by atoms with van der Waals surface area (Å²) >= 11 is 0. The zero-order chi connectivity index (χ0) is 20.8. The van der Waals surface area contributed by atoms with Crippen LogP contribution in [0, 0.1) is 0 Å². The molecule has 0 aliphatic heterocycles. The molecular weight excluding hydrogens is 368 g/mol. The number of aromatic nitrogens is 3. The van der Waals surface area contributed by atoms with Gasteiger partial charge >= 0.3 is 0 Å². The fourth-order valence-corrected chi connectivity index (χ4v) is 2.98. The molecule has 3 rings (SSSR count).